The smallest absolute Gasteiger partial charge is 0.269 e. The molecule has 0 N–H and O–H groups in total. The van der Waals surface area contributed by atoms with Crippen molar-refractivity contribution in [2.75, 3.05) is 20.6 Å². The third kappa shape index (κ3) is 4.08. The molecule has 0 aromatic heterocycles. The summed E-state index contributed by atoms with van der Waals surface area (Å²) in [5.41, 5.74) is 1.31. The largest absolute Gasteiger partial charge is 0.309 e. The Morgan fingerprint density at radius 1 is 1.27 bits per heavy atom. The topological polar surface area (TPSA) is 46.4 Å². The van der Waals surface area contributed by atoms with Crippen LogP contribution in [-0.4, -0.2) is 30.5 Å². The van der Waals surface area contributed by atoms with Crippen LogP contribution in [0.4, 0.5) is 5.69 Å². The van der Waals surface area contributed by atoms with Gasteiger partial charge in [0.1, 0.15) is 0 Å². The molecule has 0 saturated carbocycles. The predicted molar refractivity (Wildman–Crippen MR) is 60.0 cm³/mol. The molecule has 1 rings (SSSR count). The molecule has 0 aliphatic rings. The lowest BCUT2D eigenvalue weighted by molar-refractivity contribution is -0.384. The van der Waals surface area contributed by atoms with Crippen LogP contribution in [0.5, 0.6) is 0 Å². The Balaban J connectivity index is 2.46. The molecule has 0 aliphatic carbocycles. The number of benzene rings is 1. The minimum Gasteiger partial charge on any atom is -0.309 e. The van der Waals surface area contributed by atoms with E-state index in [0.29, 0.717) is 0 Å². The first kappa shape index (κ1) is 11.7. The van der Waals surface area contributed by atoms with E-state index in [4.69, 9.17) is 0 Å². The van der Waals surface area contributed by atoms with Gasteiger partial charge in [-0.25, -0.2) is 0 Å². The van der Waals surface area contributed by atoms with Crippen LogP contribution < -0.4 is 0 Å². The number of rotatable bonds is 5. The number of nitrogens with zero attached hydrogens (tertiary/aromatic N) is 2. The van der Waals surface area contributed by atoms with Crippen molar-refractivity contribution in [3.8, 4) is 0 Å². The van der Waals surface area contributed by atoms with Crippen molar-refractivity contribution in [1.82, 2.24) is 4.90 Å². The van der Waals surface area contributed by atoms with Gasteiger partial charge in [-0.05, 0) is 39.0 Å². The highest BCUT2D eigenvalue weighted by Gasteiger charge is 2.03. The highest BCUT2D eigenvalue weighted by Crippen LogP contribution is 2.12. The van der Waals surface area contributed by atoms with Crippen LogP contribution in [0.25, 0.3) is 0 Å². The van der Waals surface area contributed by atoms with Gasteiger partial charge in [-0.1, -0.05) is 12.1 Å². The fourth-order valence-electron chi connectivity index (χ4n) is 1.38. The molecule has 0 amide bonds. The zero-order chi connectivity index (χ0) is 11.3. The second kappa shape index (κ2) is 5.46. The van der Waals surface area contributed by atoms with E-state index in [1.807, 2.05) is 26.2 Å². The standard InChI is InChI=1S/C11H16N2O2/c1-12(2)9-3-4-10-5-7-11(8-6-10)13(14)15/h5-8H,3-4,9H2,1-2H3. The molecule has 1 aromatic carbocycles. The molecule has 0 saturated heterocycles. The van der Waals surface area contributed by atoms with E-state index in [1.54, 1.807) is 12.1 Å². The maximum atomic E-state index is 10.4. The summed E-state index contributed by atoms with van der Waals surface area (Å²) in [5, 5.41) is 10.4. The third-order valence-electron chi connectivity index (χ3n) is 2.22. The van der Waals surface area contributed by atoms with Gasteiger partial charge in [0.15, 0.2) is 0 Å². The van der Waals surface area contributed by atoms with Crippen molar-refractivity contribution >= 4 is 5.69 Å². The van der Waals surface area contributed by atoms with Crippen molar-refractivity contribution in [1.29, 1.82) is 0 Å². The van der Waals surface area contributed by atoms with Crippen molar-refractivity contribution in [3.05, 3.63) is 39.9 Å². The third-order valence-corrected chi connectivity index (χ3v) is 2.22. The first-order valence-corrected chi connectivity index (χ1v) is 4.97. The Morgan fingerprint density at radius 3 is 2.33 bits per heavy atom. The first-order valence-electron chi connectivity index (χ1n) is 4.97. The maximum Gasteiger partial charge on any atom is 0.269 e. The Kier molecular flexibility index (Phi) is 4.24. The molecular formula is C11H16N2O2. The SMILES string of the molecule is CN(C)CCCc1ccc([N+](=O)[O-])cc1. The van der Waals surface area contributed by atoms with E-state index in [1.165, 1.54) is 0 Å². The van der Waals surface area contributed by atoms with Crippen LogP contribution in [0.2, 0.25) is 0 Å². The molecule has 0 radical (unpaired) electrons. The number of aryl methyl sites for hydroxylation is 1. The molecule has 4 nitrogen and oxygen atoms in total. The molecule has 0 heterocycles. The van der Waals surface area contributed by atoms with Crippen molar-refractivity contribution < 1.29 is 4.92 Å². The number of nitro benzene ring substituents is 1. The van der Waals surface area contributed by atoms with Crippen LogP contribution in [0.15, 0.2) is 24.3 Å². The summed E-state index contributed by atoms with van der Waals surface area (Å²) in [7, 11) is 4.08. The minimum absolute atomic E-state index is 0.159. The van der Waals surface area contributed by atoms with Crippen LogP contribution in [-0.2, 0) is 6.42 Å². The molecule has 0 fully saturated rings. The highest BCUT2D eigenvalue weighted by atomic mass is 16.6. The fourth-order valence-corrected chi connectivity index (χ4v) is 1.38. The molecule has 1 aromatic rings. The quantitative estimate of drug-likeness (QED) is 0.550. The highest BCUT2D eigenvalue weighted by molar-refractivity contribution is 5.32. The summed E-state index contributed by atoms with van der Waals surface area (Å²) in [6, 6.07) is 6.78. The van der Waals surface area contributed by atoms with Gasteiger partial charge in [-0.15, -0.1) is 0 Å². The van der Waals surface area contributed by atoms with E-state index < -0.39 is 0 Å². The number of hydrogen-bond donors (Lipinski definition) is 0. The van der Waals surface area contributed by atoms with Crippen LogP contribution in [0, 0.1) is 10.1 Å². The van der Waals surface area contributed by atoms with Gasteiger partial charge in [0, 0.05) is 12.1 Å². The second-order valence-corrected chi connectivity index (χ2v) is 3.83. The van der Waals surface area contributed by atoms with E-state index in [0.717, 1.165) is 24.9 Å². The van der Waals surface area contributed by atoms with Gasteiger partial charge in [-0.2, -0.15) is 0 Å². The Hall–Kier alpha value is -1.42. The molecule has 0 spiro atoms. The molecule has 0 aliphatic heterocycles. The number of hydrogen-bond acceptors (Lipinski definition) is 3. The number of non-ortho nitro benzene ring substituents is 1. The minimum atomic E-state index is -0.371. The van der Waals surface area contributed by atoms with E-state index in [2.05, 4.69) is 4.90 Å². The van der Waals surface area contributed by atoms with E-state index >= 15 is 0 Å². The molecule has 15 heavy (non-hydrogen) atoms. The number of nitro groups is 1. The van der Waals surface area contributed by atoms with Crippen molar-refractivity contribution in [2.45, 2.75) is 12.8 Å². The maximum absolute atomic E-state index is 10.4. The van der Waals surface area contributed by atoms with E-state index in [-0.39, 0.29) is 10.6 Å². The molecular weight excluding hydrogens is 192 g/mol. The van der Waals surface area contributed by atoms with Gasteiger partial charge in [-0.3, -0.25) is 10.1 Å². The van der Waals surface area contributed by atoms with Gasteiger partial charge >= 0.3 is 0 Å². The van der Waals surface area contributed by atoms with Crippen molar-refractivity contribution in [2.24, 2.45) is 0 Å². The average Bonchev–Trinajstić information content (AvgIpc) is 2.18. The summed E-state index contributed by atoms with van der Waals surface area (Å²) in [5.74, 6) is 0. The summed E-state index contributed by atoms with van der Waals surface area (Å²) >= 11 is 0. The molecule has 0 unspecified atom stereocenters. The second-order valence-electron chi connectivity index (χ2n) is 3.83. The zero-order valence-electron chi connectivity index (χ0n) is 9.14. The average molecular weight is 208 g/mol. The lowest BCUT2D eigenvalue weighted by Crippen LogP contribution is -2.13. The van der Waals surface area contributed by atoms with Crippen molar-refractivity contribution in [3.63, 3.8) is 0 Å². The van der Waals surface area contributed by atoms with Gasteiger partial charge < -0.3 is 4.90 Å². The molecule has 4 heteroatoms. The molecule has 82 valence electrons. The summed E-state index contributed by atoms with van der Waals surface area (Å²) < 4.78 is 0. The fraction of sp³-hybridized carbons (Fsp3) is 0.455. The Morgan fingerprint density at radius 2 is 1.87 bits per heavy atom. The lowest BCUT2D eigenvalue weighted by Gasteiger charge is -2.08. The summed E-state index contributed by atoms with van der Waals surface area (Å²) in [6.07, 6.45) is 2.04. The van der Waals surface area contributed by atoms with Crippen LogP contribution in [0.3, 0.4) is 0 Å². The zero-order valence-corrected chi connectivity index (χ0v) is 9.14. The summed E-state index contributed by atoms with van der Waals surface area (Å²) in [4.78, 5) is 12.2. The Labute approximate surface area is 89.7 Å². The normalized spacial score (nSPS) is 10.6. The van der Waals surface area contributed by atoms with Crippen LogP contribution >= 0.6 is 0 Å². The monoisotopic (exact) mass is 208 g/mol. The first-order chi connectivity index (χ1) is 7.09. The predicted octanol–water partition coefficient (Wildman–Crippen LogP) is 2.09. The van der Waals surface area contributed by atoms with Gasteiger partial charge in [0.2, 0.25) is 0 Å². The van der Waals surface area contributed by atoms with Gasteiger partial charge in [0.25, 0.3) is 5.69 Å². The molecule has 0 bridgehead atoms. The van der Waals surface area contributed by atoms with Gasteiger partial charge in [0.05, 0.1) is 4.92 Å². The summed E-state index contributed by atoms with van der Waals surface area (Å²) in [6.45, 7) is 1.04. The lowest BCUT2D eigenvalue weighted by atomic mass is 10.1. The molecule has 0 atom stereocenters. The Bertz CT molecular complexity index is 320. The van der Waals surface area contributed by atoms with Crippen LogP contribution in [0.1, 0.15) is 12.0 Å². The van der Waals surface area contributed by atoms with E-state index in [9.17, 15) is 10.1 Å².